The van der Waals surface area contributed by atoms with Crippen molar-refractivity contribution in [2.45, 2.75) is 57.4 Å². The zero-order valence-electron chi connectivity index (χ0n) is 19.6. The van der Waals surface area contributed by atoms with Gasteiger partial charge >= 0.3 is 5.97 Å². The van der Waals surface area contributed by atoms with Crippen LogP contribution in [0.2, 0.25) is 0 Å². The molecule has 0 aromatic heterocycles. The molecule has 3 unspecified atom stereocenters. The summed E-state index contributed by atoms with van der Waals surface area (Å²) in [4.78, 5) is 24.9. The second-order valence-corrected chi connectivity index (χ2v) is 12.2. The van der Waals surface area contributed by atoms with Crippen molar-refractivity contribution >= 4 is 39.4 Å². The van der Waals surface area contributed by atoms with Gasteiger partial charge in [0.1, 0.15) is 6.04 Å². The van der Waals surface area contributed by atoms with Gasteiger partial charge in [-0.15, -0.1) is 0 Å². The maximum absolute atomic E-state index is 12.6. The molecule has 1 aromatic carbocycles. The highest BCUT2D eigenvalue weighted by molar-refractivity contribution is 7.98. The van der Waals surface area contributed by atoms with E-state index < -0.39 is 34.5 Å². The fourth-order valence-corrected chi connectivity index (χ4v) is 6.52. The molecule has 0 spiro atoms. The molecule has 2 aliphatic rings. The molecular formula is C23H33N3O5S2. The molecule has 1 amide bonds. The number of ether oxygens (including phenoxy) is 1. The molecule has 0 saturated heterocycles. The lowest BCUT2D eigenvalue weighted by Gasteiger charge is -2.34. The summed E-state index contributed by atoms with van der Waals surface area (Å²) in [5, 5.41) is 4.36. The van der Waals surface area contributed by atoms with E-state index in [1.807, 2.05) is 6.26 Å². The van der Waals surface area contributed by atoms with Crippen molar-refractivity contribution in [1.82, 2.24) is 10.1 Å². The van der Waals surface area contributed by atoms with Gasteiger partial charge in [-0.2, -0.15) is 21.6 Å². The van der Waals surface area contributed by atoms with Gasteiger partial charge in [-0.1, -0.05) is 39.0 Å². The van der Waals surface area contributed by atoms with Crippen molar-refractivity contribution in [3.05, 3.63) is 30.3 Å². The Bertz CT molecular complexity index is 1010. The fourth-order valence-electron chi connectivity index (χ4n) is 4.81. The molecule has 0 aliphatic heterocycles. The molecule has 33 heavy (non-hydrogen) atoms. The molecule has 2 N–H and O–H groups in total. The van der Waals surface area contributed by atoms with Gasteiger partial charge in [-0.05, 0) is 61.2 Å². The van der Waals surface area contributed by atoms with E-state index in [9.17, 15) is 18.0 Å². The lowest BCUT2D eigenvalue weighted by Crippen LogP contribution is -2.43. The maximum Gasteiger partial charge on any atom is 0.324 e. The van der Waals surface area contributed by atoms with Gasteiger partial charge in [0.25, 0.3) is 5.91 Å². The number of nitrogens with one attached hydrogen (secondary N) is 2. The first-order chi connectivity index (χ1) is 15.5. The molecule has 0 radical (unpaired) electrons. The summed E-state index contributed by atoms with van der Waals surface area (Å²) in [5.74, 6) is -0.230. The zero-order chi connectivity index (χ0) is 24.3. The van der Waals surface area contributed by atoms with E-state index in [1.54, 1.807) is 18.2 Å². The third-order valence-corrected chi connectivity index (χ3v) is 9.55. The lowest BCUT2D eigenvalue weighted by atomic mass is 9.70. The van der Waals surface area contributed by atoms with Crippen molar-refractivity contribution in [2.75, 3.05) is 18.6 Å². The van der Waals surface area contributed by atoms with E-state index in [-0.39, 0.29) is 22.1 Å². The van der Waals surface area contributed by atoms with Crippen LogP contribution in [0.4, 0.5) is 0 Å². The number of nitrogens with zero attached hydrogens (tertiary/aromatic N) is 1. The first kappa shape index (κ1) is 25.7. The highest BCUT2D eigenvalue weighted by atomic mass is 32.2. The third kappa shape index (κ3) is 5.44. The van der Waals surface area contributed by atoms with Crippen LogP contribution in [0.5, 0.6) is 0 Å². The normalized spacial score (nSPS) is 25.7. The first-order valence-electron chi connectivity index (χ1n) is 11.1. The number of amides is 1. The molecule has 2 saturated carbocycles. The number of rotatable bonds is 10. The quantitative estimate of drug-likeness (QED) is 0.381. The fraction of sp³-hybridized carbons (Fsp3) is 0.609. The highest BCUT2D eigenvalue weighted by Crippen LogP contribution is 2.63. The predicted molar refractivity (Wildman–Crippen MR) is 129 cm³/mol. The van der Waals surface area contributed by atoms with Crippen LogP contribution in [0.1, 0.15) is 46.5 Å². The number of thioether (sulfide) groups is 1. The second kappa shape index (κ2) is 10.1. The summed E-state index contributed by atoms with van der Waals surface area (Å²) >= 11 is 1.48. The van der Waals surface area contributed by atoms with Crippen molar-refractivity contribution in [3.8, 4) is 0 Å². The Hall–Kier alpha value is -1.91. The van der Waals surface area contributed by atoms with Crippen molar-refractivity contribution < 1.29 is 22.7 Å². The van der Waals surface area contributed by atoms with Crippen molar-refractivity contribution in [2.24, 2.45) is 21.8 Å². The molecule has 8 nitrogen and oxygen atoms in total. The Morgan fingerprint density at radius 2 is 1.94 bits per heavy atom. The van der Waals surface area contributed by atoms with Gasteiger partial charge in [0.05, 0.1) is 4.90 Å². The topological polar surface area (TPSA) is 114 Å². The largest absolute Gasteiger partial charge is 0.454 e. The number of esters is 1. The molecule has 2 fully saturated rings. The molecule has 0 heterocycles. The van der Waals surface area contributed by atoms with Gasteiger partial charge in [0.15, 0.2) is 6.61 Å². The van der Waals surface area contributed by atoms with Crippen LogP contribution in [-0.2, 0) is 24.3 Å². The number of hydrogen-bond donors (Lipinski definition) is 2. The smallest absolute Gasteiger partial charge is 0.324 e. The van der Waals surface area contributed by atoms with E-state index >= 15 is 0 Å². The molecule has 2 bridgehead atoms. The van der Waals surface area contributed by atoms with Gasteiger partial charge in [-0.25, -0.2) is 13.8 Å². The van der Waals surface area contributed by atoms with Gasteiger partial charge in [0.2, 0.25) is 10.0 Å². The second-order valence-electron chi connectivity index (χ2n) is 9.46. The van der Waals surface area contributed by atoms with Gasteiger partial charge < -0.3 is 4.74 Å². The first-order valence-corrected chi connectivity index (χ1v) is 14.0. The molecule has 10 heteroatoms. The summed E-state index contributed by atoms with van der Waals surface area (Å²) in [5.41, 5.74) is 3.60. The number of hydrazone groups is 1. The van der Waals surface area contributed by atoms with Crippen molar-refractivity contribution in [3.63, 3.8) is 0 Å². The van der Waals surface area contributed by atoms with E-state index in [2.05, 4.69) is 36.0 Å². The Balaban J connectivity index is 1.57. The zero-order valence-corrected chi connectivity index (χ0v) is 21.2. The van der Waals surface area contributed by atoms with Crippen LogP contribution in [-0.4, -0.2) is 50.7 Å². The predicted octanol–water partition coefficient (Wildman–Crippen LogP) is 2.95. The minimum absolute atomic E-state index is 0.0414. The van der Waals surface area contributed by atoms with Crippen LogP contribution in [0.15, 0.2) is 40.3 Å². The summed E-state index contributed by atoms with van der Waals surface area (Å²) in [6.07, 6.45) is 5.18. The monoisotopic (exact) mass is 495 g/mol. The van der Waals surface area contributed by atoms with Gasteiger partial charge in [-0.3, -0.25) is 9.59 Å². The minimum Gasteiger partial charge on any atom is -0.454 e. The highest BCUT2D eigenvalue weighted by Gasteiger charge is 2.60. The van der Waals surface area contributed by atoms with Crippen LogP contribution in [0, 0.1) is 16.7 Å². The average Bonchev–Trinajstić information content (AvgIpc) is 3.12. The minimum atomic E-state index is -3.90. The number of sulfonamides is 1. The number of benzene rings is 1. The Kier molecular flexibility index (Phi) is 7.91. The summed E-state index contributed by atoms with van der Waals surface area (Å²) in [7, 11) is -3.90. The van der Waals surface area contributed by atoms with Crippen LogP contribution in [0.3, 0.4) is 0 Å². The number of carbonyl (C=O) groups is 2. The standard InChI is InChI=1S/C23H33N3O5S2/c1-22(2)16-10-12-23(22,3)19(14-16)24-25-20(27)15-31-21(28)18(11-13-32-4)26-33(29,30)17-8-6-5-7-9-17/h5-9,16,18,26H,10-15H2,1-4H3,(H,25,27)/b24-19+. The van der Waals surface area contributed by atoms with E-state index in [0.717, 1.165) is 18.6 Å². The van der Waals surface area contributed by atoms with Crippen LogP contribution >= 0.6 is 11.8 Å². The Morgan fingerprint density at radius 3 is 2.52 bits per heavy atom. The Labute approximate surface area is 200 Å². The summed E-state index contributed by atoms with van der Waals surface area (Å²) < 4.78 is 32.8. The van der Waals surface area contributed by atoms with E-state index in [0.29, 0.717) is 11.7 Å². The summed E-state index contributed by atoms with van der Waals surface area (Å²) in [6, 6.07) is 6.72. The third-order valence-electron chi connectivity index (χ3n) is 7.42. The maximum atomic E-state index is 12.6. The SMILES string of the molecule is CSCCC(NS(=O)(=O)c1ccccc1)C(=O)OCC(=O)N/N=C1\CC2CCC1(C)C2(C)C. The number of carbonyl (C=O) groups excluding carboxylic acids is 2. The molecule has 1 aromatic rings. The van der Waals surface area contributed by atoms with E-state index in [1.165, 1.54) is 30.3 Å². The molecule has 2 aliphatic carbocycles. The average molecular weight is 496 g/mol. The summed E-state index contributed by atoms with van der Waals surface area (Å²) in [6.45, 7) is 6.17. The van der Waals surface area contributed by atoms with Crippen LogP contribution < -0.4 is 10.1 Å². The number of hydrogen-bond acceptors (Lipinski definition) is 7. The lowest BCUT2D eigenvalue weighted by molar-refractivity contribution is -0.150. The van der Waals surface area contributed by atoms with Crippen LogP contribution in [0.25, 0.3) is 0 Å². The molecule has 3 rings (SSSR count). The number of fused-ring (bicyclic) bond motifs is 2. The molecule has 3 atom stereocenters. The van der Waals surface area contributed by atoms with Crippen molar-refractivity contribution in [1.29, 1.82) is 0 Å². The van der Waals surface area contributed by atoms with E-state index in [4.69, 9.17) is 4.74 Å². The van der Waals surface area contributed by atoms with Gasteiger partial charge in [0, 0.05) is 11.1 Å². The Morgan fingerprint density at radius 1 is 1.24 bits per heavy atom. The molecular weight excluding hydrogens is 462 g/mol. The molecule has 182 valence electrons.